The van der Waals surface area contributed by atoms with Crippen LogP contribution in [0.1, 0.15) is 36.9 Å². The highest BCUT2D eigenvalue weighted by molar-refractivity contribution is 7.99. The van der Waals surface area contributed by atoms with Crippen molar-refractivity contribution in [3.05, 3.63) is 11.7 Å². The number of aliphatic carboxylic acids is 1. The smallest absolute Gasteiger partial charge is 0.303 e. The number of thioether (sulfide) groups is 1. The van der Waals surface area contributed by atoms with Crippen LogP contribution >= 0.6 is 11.8 Å². The number of nitrogens with zero attached hydrogens (tertiary/aromatic N) is 2. The number of carboxylic acid groups (broad SMARTS) is 1. The maximum absolute atomic E-state index is 10.4. The molecule has 0 aliphatic carbocycles. The van der Waals surface area contributed by atoms with Crippen molar-refractivity contribution in [1.29, 1.82) is 0 Å². The summed E-state index contributed by atoms with van der Waals surface area (Å²) in [4.78, 5) is 14.6. The summed E-state index contributed by atoms with van der Waals surface area (Å²) in [5, 5.41) is 12.3. The van der Waals surface area contributed by atoms with Gasteiger partial charge in [-0.2, -0.15) is 16.7 Å². The maximum Gasteiger partial charge on any atom is 0.303 e. The van der Waals surface area contributed by atoms with E-state index < -0.39 is 5.97 Å². The standard InChI is InChI=1S/C10H14N2O3S/c13-9(14)4-3-8-11-10(15-12-8)7-2-1-5-16-6-7/h7H,1-6H2,(H,13,14). The van der Waals surface area contributed by atoms with Crippen molar-refractivity contribution in [2.75, 3.05) is 11.5 Å². The van der Waals surface area contributed by atoms with Crippen molar-refractivity contribution in [1.82, 2.24) is 10.1 Å². The van der Waals surface area contributed by atoms with Crippen LogP contribution in [0.2, 0.25) is 0 Å². The van der Waals surface area contributed by atoms with Crippen LogP contribution in [0.15, 0.2) is 4.52 Å². The largest absolute Gasteiger partial charge is 0.481 e. The van der Waals surface area contributed by atoms with Gasteiger partial charge in [0.25, 0.3) is 0 Å². The van der Waals surface area contributed by atoms with Crippen molar-refractivity contribution >= 4 is 17.7 Å². The van der Waals surface area contributed by atoms with Crippen LogP contribution in [0, 0.1) is 0 Å². The molecule has 1 aromatic rings. The third-order valence-electron chi connectivity index (χ3n) is 2.56. The van der Waals surface area contributed by atoms with E-state index in [0.717, 1.165) is 12.2 Å². The minimum atomic E-state index is -0.834. The van der Waals surface area contributed by atoms with Crippen LogP contribution in [0.3, 0.4) is 0 Å². The van der Waals surface area contributed by atoms with Gasteiger partial charge in [0.15, 0.2) is 5.82 Å². The molecule has 16 heavy (non-hydrogen) atoms. The second kappa shape index (κ2) is 5.34. The van der Waals surface area contributed by atoms with Gasteiger partial charge in [-0.25, -0.2) is 0 Å². The Morgan fingerprint density at radius 3 is 3.19 bits per heavy atom. The molecule has 6 heteroatoms. The number of aryl methyl sites for hydroxylation is 1. The maximum atomic E-state index is 10.4. The van der Waals surface area contributed by atoms with Crippen molar-refractivity contribution in [3.8, 4) is 0 Å². The van der Waals surface area contributed by atoms with Gasteiger partial charge in [-0.05, 0) is 18.6 Å². The first kappa shape index (κ1) is 11.4. The molecular weight excluding hydrogens is 228 g/mol. The molecule has 1 aliphatic rings. The Bertz CT molecular complexity index is 361. The van der Waals surface area contributed by atoms with Crippen molar-refractivity contribution < 1.29 is 14.4 Å². The Hall–Kier alpha value is -1.04. The molecule has 0 aromatic carbocycles. The number of hydrogen-bond acceptors (Lipinski definition) is 5. The van der Waals surface area contributed by atoms with Gasteiger partial charge in [0, 0.05) is 18.1 Å². The zero-order chi connectivity index (χ0) is 11.4. The van der Waals surface area contributed by atoms with E-state index in [1.165, 1.54) is 12.2 Å². The van der Waals surface area contributed by atoms with Crippen LogP contribution in [-0.4, -0.2) is 32.7 Å². The lowest BCUT2D eigenvalue weighted by molar-refractivity contribution is -0.137. The van der Waals surface area contributed by atoms with E-state index in [1.807, 2.05) is 11.8 Å². The molecule has 1 N–H and O–H groups in total. The lowest BCUT2D eigenvalue weighted by atomic mass is 10.1. The average Bonchev–Trinajstić information content (AvgIpc) is 2.76. The molecule has 0 radical (unpaired) electrons. The Balaban J connectivity index is 1.93. The molecule has 0 bridgehead atoms. The molecular formula is C10H14N2O3S. The summed E-state index contributed by atoms with van der Waals surface area (Å²) in [6.07, 6.45) is 2.67. The van der Waals surface area contributed by atoms with Gasteiger partial charge in [-0.3, -0.25) is 4.79 Å². The summed E-state index contributed by atoms with van der Waals surface area (Å²) in [6.45, 7) is 0. The Morgan fingerprint density at radius 1 is 1.62 bits per heavy atom. The predicted molar refractivity (Wildman–Crippen MR) is 59.6 cm³/mol. The van der Waals surface area contributed by atoms with Gasteiger partial charge in [0.1, 0.15) is 0 Å². The van der Waals surface area contributed by atoms with Gasteiger partial charge in [0.05, 0.1) is 6.42 Å². The molecule has 0 amide bonds. The average molecular weight is 242 g/mol. The van der Waals surface area contributed by atoms with Crippen LogP contribution in [0.5, 0.6) is 0 Å². The van der Waals surface area contributed by atoms with E-state index in [1.54, 1.807) is 0 Å². The molecule has 1 atom stereocenters. The van der Waals surface area contributed by atoms with Gasteiger partial charge < -0.3 is 9.63 Å². The summed E-state index contributed by atoms with van der Waals surface area (Å²) >= 11 is 1.90. The third-order valence-corrected chi connectivity index (χ3v) is 3.77. The van der Waals surface area contributed by atoms with E-state index in [0.29, 0.717) is 24.1 Å². The van der Waals surface area contributed by atoms with Gasteiger partial charge >= 0.3 is 5.97 Å². The SMILES string of the molecule is O=C(O)CCc1noc(C2CCCSC2)n1. The molecule has 1 aromatic heterocycles. The molecule has 0 saturated carbocycles. The highest BCUT2D eigenvalue weighted by Crippen LogP contribution is 2.30. The summed E-state index contributed by atoms with van der Waals surface area (Å²) in [6, 6.07) is 0. The number of carbonyl (C=O) groups is 1. The van der Waals surface area contributed by atoms with Gasteiger partial charge in [-0.1, -0.05) is 5.16 Å². The van der Waals surface area contributed by atoms with Crippen molar-refractivity contribution in [3.63, 3.8) is 0 Å². The minimum Gasteiger partial charge on any atom is -0.481 e. The molecule has 1 fully saturated rings. The molecule has 5 nitrogen and oxygen atoms in total. The van der Waals surface area contributed by atoms with E-state index >= 15 is 0 Å². The molecule has 1 aliphatic heterocycles. The quantitative estimate of drug-likeness (QED) is 0.866. The Kier molecular flexibility index (Phi) is 3.82. The number of rotatable bonds is 4. The normalized spacial score (nSPS) is 20.9. The topological polar surface area (TPSA) is 76.2 Å². The number of carboxylic acids is 1. The highest BCUT2D eigenvalue weighted by atomic mass is 32.2. The second-order valence-electron chi connectivity index (χ2n) is 3.86. The lowest BCUT2D eigenvalue weighted by Gasteiger charge is -2.16. The molecule has 88 valence electrons. The van der Waals surface area contributed by atoms with Gasteiger partial charge in [-0.15, -0.1) is 0 Å². The van der Waals surface area contributed by atoms with E-state index in [-0.39, 0.29) is 6.42 Å². The fraction of sp³-hybridized carbons (Fsp3) is 0.700. The number of hydrogen-bond donors (Lipinski definition) is 1. The second-order valence-corrected chi connectivity index (χ2v) is 5.01. The zero-order valence-electron chi connectivity index (χ0n) is 8.89. The monoisotopic (exact) mass is 242 g/mol. The fourth-order valence-electron chi connectivity index (χ4n) is 1.69. The first-order valence-electron chi connectivity index (χ1n) is 5.37. The summed E-state index contributed by atoms with van der Waals surface area (Å²) in [5.74, 6) is 2.93. The van der Waals surface area contributed by atoms with Gasteiger partial charge in [0.2, 0.25) is 5.89 Å². The number of aromatic nitrogens is 2. The Morgan fingerprint density at radius 2 is 2.50 bits per heavy atom. The summed E-state index contributed by atoms with van der Waals surface area (Å²) < 4.78 is 5.17. The van der Waals surface area contributed by atoms with Crippen LogP contribution in [0.4, 0.5) is 0 Å². The first-order valence-corrected chi connectivity index (χ1v) is 6.53. The molecule has 2 rings (SSSR count). The molecule has 1 unspecified atom stereocenters. The highest BCUT2D eigenvalue weighted by Gasteiger charge is 2.21. The summed E-state index contributed by atoms with van der Waals surface area (Å²) in [5.41, 5.74) is 0. The fourth-order valence-corrected chi connectivity index (χ4v) is 2.82. The molecule has 1 saturated heterocycles. The van der Waals surface area contributed by atoms with Crippen LogP contribution < -0.4 is 0 Å². The first-order chi connectivity index (χ1) is 7.75. The van der Waals surface area contributed by atoms with E-state index in [2.05, 4.69) is 10.1 Å². The molecule has 2 heterocycles. The lowest BCUT2D eigenvalue weighted by Crippen LogP contribution is -2.09. The predicted octanol–water partition coefficient (Wildman–Crippen LogP) is 1.70. The van der Waals surface area contributed by atoms with Crippen LogP contribution in [-0.2, 0) is 11.2 Å². The minimum absolute atomic E-state index is 0.0540. The van der Waals surface area contributed by atoms with E-state index in [4.69, 9.17) is 9.63 Å². The third kappa shape index (κ3) is 2.98. The van der Waals surface area contributed by atoms with Crippen LogP contribution in [0.25, 0.3) is 0 Å². The molecule has 0 spiro atoms. The Labute approximate surface area is 97.6 Å². The van der Waals surface area contributed by atoms with E-state index in [9.17, 15) is 4.79 Å². The van der Waals surface area contributed by atoms with Crippen molar-refractivity contribution in [2.45, 2.75) is 31.6 Å². The summed E-state index contributed by atoms with van der Waals surface area (Å²) in [7, 11) is 0. The van der Waals surface area contributed by atoms with Crippen molar-refractivity contribution in [2.24, 2.45) is 0 Å². The zero-order valence-corrected chi connectivity index (χ0v) is 9.70.